The zero-order valence-electron chi connectivity index (χ0n) is 15.6. The molecule has 0 saturated carbocycles. The molecule has 2 aromatic carbocycles. The topological polar surface area (TPSA) is 36.4 Å². The molecule has 3 rings (SSSR count). The van der Waals surface area contributed by atoms with Crippen LogP contribution in [0.3, 0.4) is 0 Å². The van der Waals surface area contributed by atoms with Crippen LogP contribution >= 0.6 is 22.9 Å². The highest BCUT2D eigenvalue weighted by atomic mass is 35.5. The summed E-state index contributed by atoms with van der Waals surface area (Å²) in [5, 5.41) is 0.503. The molecule has 0 unspecified atom stereocenters. The summed E-state index contributed by atoms with van der Waals surface area (Å²) in [7, 11) is 0. The summed E-state index contributed by atoms with van der Waals surface area (Å²) in [6, 6.07) is 8.01. The van der Waals surface area contributed by atoms with Gasteiger partial charge in [-0.1, -0.05) is 36.8 Å². The molecule has 0 aliphatic heterocycles. The van der Waals surface area contributed by atoms with Crippen LogP contribution < -0.4 is 4.90 Å². The average Bonchev–Trinajstić information content (AvgIpc) is 3.07. The first-order valence-corrected chi connectivity index (χ1v) is 10.2. The van der Waals surface area contributed by atoms with E-state index in [9.17, 15) is 13.6 Å². The van der Waals surface area contributed by atoms with Crippen molar-refractivity contribution < 1.29 is 13.6 Å². The maximum absolute atomic E-state index is 13.5. The minimum atomic E-state index is -0.508. The van der Waals surface area contributed by atoms with E-state index in [0.717, 1.165) is 19.2 Å². The molecule has 0 radical (unpaired) electrons. The minimum absolute atomic E-state index is 0.0463. The van der Waals surface area contributed by atoms with Gasteiger partial charge in [-0.3, -0.25) is 9.69 Å². The number of benzene rings is 2. The Balaban J connectivity index is 1.98. The van der Waals surface area contributed by atoms with Crippen LogP contribution in [0.4, 0.5) is 13.9 Å². The van der Waals surface area contributed by atoms with Crippen LogP contribution in [0.15, 0.2) is 36.4 Å². The van der Waals surface area contributed by atoms with Crippen molar-refractivity contribution in [3.8, 4) is 0 Å². The third-order valence-corrected chi connectivity index (χ3v) is 5.86. The number of halogens is 3. The second kappa shape index (κ2) is 8.94. The Bertz CT molecular complexity index is 991. The molecule has 0 N–H and O–H groups in total. The number of anilines is 1. The van der Waals surface area contributed by atoms with Crippen molar-refractivity contribution in [2.24, 2.45) is 0 Å². The lowest BCUT2D eigenvalue weighted by Crippen LogP contribution is -2.39. The van der Waals surface area contributed by atoms with Crippen LogP contribution in [0.2, 0.25) is 5.02 Å². The van der Waals surface area contributed by atoms with Crippen molar-refractivity contribution in [1.82, 2.24) is 9.88 Å². The predicted molar refractivity (Wildman–Crippen MR) is 110 cm³/mol. The first kappa shape index (κ1) is 20.6. The van der Waals surface area contributed by atoms with Gasteiger partial charge in [0, 0.05) is 13.1 Å². The molecule has 1 amide bonds. The fourth-order valence-corrected chi connectivity index (χ4v) is 4.14. The molecule has 0 fully saturated rings. The van der Waals surface area contributed by atoms with Gasteiger partial charge in [0.25, 0.3) is 5.91 Å². The lowest BCUT2D eigenvalue weighted by atomic mass is 10.2. The molecule has 0 atom stereocenters. The van der Waals surface area contributed by atoms with Crippen molar-refractivity contribution in [3.63, 3.8) is 0 Å². The normalized spacial score (nSPS) is 11.4. The summed E-state index contributed by atoms with van der Waals surface area (Å²) in [6.07, 6.45) is 0. The third-order valence-electron chi connectivity index (χ3n) is 4.51. The van der Waals surface area contributed by atoms with Crippen molar-refractivity contribution in [2.45, 2.75) is 13.8 Å². The van der Waals surface area contributed by atoms with E-state index in [0.29, 0.717) is 28.4 Å². The molecule has 4 nitrogen and oxygen atoms in total. The molecule has 1 heterocycles. The summed E-state index contributed by atoms with van der Waals surface area (Å²) >= 11 is 7.34. The largest absolute Gasteiger partial charge is 0.302 e. The molecular formula is C20H20ClF2N3OS. The number of nitrogens with zero attached hydrogens (tertiary/aromatic N) is 3. The molecule has 0 aliphatic rings. The standard InChI is InChI=1S/C20H20ClF2N3OS/c1-3-25(4-2)9-10-26(19(27)15-7-5-13(22)11-16(15)21)20-24-17-8-6-14(23)12-18(17)28-20/h5-8,11-12H,3-4,9-10H2,1-2H3. The highest BCUT2D eigenvalue weighted by Crippen LogP contribution is 2.31. The van der Waals surface area contributed by atoms with Gasteiger partial charge >= 0.3 is 0 Å². The van der Waals surface area contributed by atoms with Gasteiger partial charge in [0.1, 0.15) is 11.6 Å². The molecule has 3 aromatic rings. The fourth-order valence-electron chi connectivity index (χ4n) is 2.88. The summed E-state index contributed by atoms with van der Waals surface area (Å²) in [5.74, 6) is -1.23. The van der Waals surface area contributed by atoms with E-state index in [1.54, 1.807) is 6.07 Å². The van der Waals surface area contributed by atoms with Crippen molar-refractivity contribution in [3.05, 3.63) is 58.6 Å². The van der Waals surface area contributed by atoms with Crippen LogP contribution in [0.1, 0.15) is 24.2 Å². The minimum Gasteiger partial charge on any atom is -0.302 e. The quantitative estimate of drug-likeness (QED) is 0.523. The van der Waals surface area contributed by atoms with Gasteiger partial charge in [-0.2, -0.15) is 0 Å². The molecule has 148 valence electrons. The molecule has 1 aromatic heterocycles. The van der Waals surface area contributed by atoms with Gasteiger partial charge in [0.2, 0.25) is 0 Å². The number of likely N-dealkylation sites (N-methyl/N-ethyl adjacent to an activating group) is 1. The maximum atomic E-state index is 13.5. The maximum Gasteiger partial charge on any atom is 0.261 e. The molecule has 0 aliphatic carbocycles. The van der Waals surface area contributed by atoms with Gasteiger partial charge in [0.05, 0.1) is 20.8 Å². The van der Waals surface area contributed by atoms with Gasteiger partial charge in [0.15, 0.2) is 5.13 Å². The number of carbonyl (C=O) groups is 1. The van der Waals surface area contributed by atoms with Crippen LogP contribution in [0, 0.1) is 11.6 Å². The molecule has 0 spiro atoms. The van der Waals surface area contributed by atoms with Gasteiger partial charge < -0.3 is 4.90 Å². The van der Waals surface area contributed by atoms with Crippen molar-refractivity contribution in [2.75, 3.05) is 31.1 Å². The lowest BCUT2D eigenvalue weighted by molar-refractivity contribution is 0.0984. The van der Waals surface area contributed by atoms with Crippen molar-refractivity contribution in [1.29, 1.82) is 0 Å². The van der Waals surface area contributed by atoms with E-state index in [1.165, 1.54) is 40.5 Å². The number of hydrogen-bond acceptors (Lipinski definition) is 4. The van der Waals surface area contributed by atoms with Crippen LogP contribution in [-0.4, -0.2) is 42.0 Å². The lowest BCUT2D eigenvalue weighted by Gasteiger charge is -2.25. The second-order valence-corrected chi connectivity index (χ2v) is 7.63. The average molecular weight is 424 g/mol. The zero-order valence-corrected chi connectivity index (χ0v) is 17.2. The van der Waals surface area contributed by atoms with E-state index in [2.05, 4.69) is 9.88 Å². The summed E-state index contributed by atoms with van der Waals surface area (Å²) in [6.45, 7) is 6.82. The van der Waals surface area contributed by atoms with Crippen LogP contribution in [-0.2, 0) is 0 Å². The highest BCUT2D eigenvalue weighted by molar-refractivity contribution is 7.22. The highest BCUT2D eigenvalue weighted by Gasteiger charge is 2.24. The van der Waals surface area contributed by atoms with E-state index < -0.39 is 5.82 Å². The number of fused-ring (bicyclic) bond motifs is 1. The molecule has 8 heteroatoms. The first-order valence-electron chi connectivity index (χ1n) is 8.98. The Morgan fingerprint density at radius 3 is 2.43 bits per heavy atom. The summed E-state index contributed by atoms with van der Waals surface area (Å²) in [5.41, 5.74) is 0.820. The smallest absolute Gasteiger partial charge is 0.261 e. The van der Waals surface area contributed by atoms with E-state index in [1.807, 2.05) is 13.8 Å². The predicted octanol–water partition coefficient (Wildman–Crippen LogP) is 5.22. The molecule has 0 saturated heterocycles. The Kier molecular flexibility index (Phi) is 6.59. The number of aromatic nitrogens is 1. The molecule has 28 heavy (non-hydrogen) atoms. The Morgan fingerprint density at radius 1 is 1.07 bits per heavy atom. The van der Waals surface area contributed by atoms with Gasteiger partial charge in [-0.25, -0.2) is 13.8 Å². The van der Waals surface area contributed by atoms with E-state index in [-0.39, 0.29) is 22.3 Å². The molecule has 0 bridgehead atoms. The van der Waals surface area contributed by atoms with Crippen LogP contribution in [0.25, 0.3) is 10.2 Å². The van der Waals surface area contributed by atoms with Crippen LogP contribution in [0.5, 0.6) is 0 Å². The molecular weight excluding hydrogens is 404 g/mol. The Labute approximate surface area is 171 Å². The second-order valence-electron chi connectivity index (χ2n) is 6.22. The van der Waals surface area contributed by atoms with Gasteiger partial charge in [-0.05, 0) is 49.5 Å². The number of carbonyl (C=O) groups excluding carboxylic acids is 1. The number of hydrogen-bond donors (Lipinski definition) is 0. The van der Waals surface area contributed by atoms with E-state index >= 15 is 0 Å². The Hall–Kier alpha value is -2.09. The number of rotatable bonds is 7. The SMILES string of the molecule is CCN(CC)CCN(C(=O)c1ccc(F)cc1Cl)c1nc2ccc(F)cc2s1. The number of amides is 1. The monoisotopic (exact) mass is 423 g/mol. The van der Waals surface area contributed by atoms with E-state index in [4.69, 9.17) is 11.6 Å². The number of thiazole rings is 1. The summed E-state index contributed by atoms with van der Waals surface area (Å²) < 4.78 is 27.6. The van der Waals surface area contributed by atoms with Gasteiger partial charge in [-0.15, -0.1) is 0 Å². The fraction of sp³-hybridized carbons (Fsp3) is 0.300. The first-order chi connectivity index (χ1) is 13.4. The Morgan fingerprint density at radius 2 is 1.75 bits per heavy atom. The van der Waals surface area contributed by atoms with Crippen molar-refractivity contribution >= 4 is 44.2 Å². The zero-order chi connectivity index (χ0) is 20.3. The third kappa shape index (κ3) is 4.48. The summed E-state index contributed by atoms with van der Waals surface area (Å²) in [4.78, 5) is 21.4.